The first kappa shape index (κ1) is 25.0. The number of likely N-dealkylation sites (N-methyl/N-ethyl adjacent to an activating group) is 1. The van der Waals surface area contributed by atoms with Crippen LogP contribution in [0.2, 0.25) is 0 Å². The van der Waals surface area contributed by atoms with Crippen LogP contribution in [0.1, 0.15) is 41.6 Å². The predicted molar refractivity (Wildman–Crippen MR) is 147 cm³/mol. The maximum atomic E-state index is 13.3. The molecule has 0 unspecified atom stereocenters. The molecule has 2 aliphatic heterocycles. The number of halogens is 1. The molecule has 2 aromatic heterocycles. The molecule has 3 aromatic rings. The van der Waals surface area contributed by atoms with Crippen molar-refractivity contribution in [2.24, 2.45) is 0 Å². The number of aromatic amines is 1. The second-order valence-corrected chi connectivity index (χ2v) is 10.2. The van der Waals surface area contributed by atoms with E-state index < -0.39 is 0 Å². The van der Waals surface area contributed by atoms with Gasteiger partial charge in [-0.15, -0.1) is 10.2 Å². The van der Waals surface area contributed by atoms with Crippen LogP contribution < -0.4 is 10.2 Å². The molecule has 1 aromatic carbocycles. The minimum atomic E-state index is -0.323. The Kier molecular flexibility index (Phi) is 6.47. The van der Waals surface area contributed by atoms with E-state index >= 15 is 0 Å². The number of amides is 2. The summed E-state index contributed by atoms with van der Waals surface area (Å²) in [6.07, 6.45) is 5.87. The number of tetrazole rings is 1. The molecule has 198 valence electrons. The smallest absolute Gasteiger partial charge is 0.272 e. The fourth-order valence-electron chi connectivity index (χ4n) is 5.09. The molecule has 6 rings (SSSR count). The molecule has 4 heterocycles. The van der Waals surface area contributed by atoms with Crippen molar-refractivity contribution >= 4 is 33.6 Å². The lowest BCUT2D eigenvalue weighted by atomic mass is 9.97. The summed E-state index contributed by atoms with van der Waals surface area (Å²) in [6.45, 7) is 2.38. The molecule has 11 nitrogen and oxygen atoms in total. The van der Waals surface area contributed by atoms with Crippen LogP contribution in [0.4, 0.5) is 5.82 Å². The van der Waals surface area contributed by atoms with Gasteiger partial charge in [-0.25, -0.2) is 4.98 Å². The van der Waals surface area contributed by atoms with Gasteiger partial charge in [0, 0.05) is 34.6 Å². The van der Waals surface area contributed by atoms with Crippen molar-refractivity contribution in [3.05, 3.63) is 64.4 Å². The van der Waals surface area contributed by atoms with Crippen LogP contribution in [0.25, 0.3) is 33.6 Å². The summed E-state index contributed by atoms with van der Waals surface area (Å²) in [5.41, 5.74) is 5.82. The van der Waals surface area contributed by atoms with Crippen LogP contribution in [0.5, 0.6) is 0 Å². The number of nitrogens with one attached hydrogen (secondary N) is 2. The van der Waals surface area contributed by atoms with E-state index in [4.69, 9.17) is 9.40 Å². The Morgan fingerprint density at radius 3 is 2.69 bits per heavy atom. The van der Waals surface area contributed by atoms with Crippen LogP contribution >= 0.6 is 15.9 Å². The number of benzene rings is 1. The Hall–Kier alpha value is -4.32. The third-order valence-electron chi connectivity index (χ3n) is 7.06. The predicted octanol–water partition coefficient (Wildman–Crippen LogP) is 4.29. The third kappa shape index (κ3) is 4.20. The highest BCUT2D eigenvalue weighted by Crippen LogP contribution is 2.48. The van der Waals surface area contributed by atoms with Crippen molar-refractivity contribution in [1.82, 2.24) is 35.5 Å². The average Bonchev–Trinajstić information content (AvgIpc) is 3.66. The van der Waals surface area contributed by atoms with Gasteiger partial charge in [-0.1, -0.05) is 37.6 Å². The zero-order valence-corrected chi connectivity index (χ0v) is 22.9. The normalized spacial score (nSPS) is 13.6. The van der Waals surface area contributed by atoms with Crippen LogP contribution in [0, 0.1) is 0 Å². The number of fused-ring (bicyclic) bond motifs is 2. The van der Waals surface area contributed by atoms with Crippen LogP contribution in [-0.4, -0.2) is 55.6 Å². The quantitative estimate of drug-likeness (QED) is 0.289. The first-order chi connectivity index (χ1) is 19.0. The number of carbonyl (C=O) groups is 2. The molecule has 0 bridgehead atoms. The number of aryl methyl sites for hydroxylation is 1. The molecular formula is C27H25BrN8O3. The zero-order chi connectivity index (χ0) is 27.1. The summed E-state index contributed by atoms with van der Waals surface area (Å²) < 4.78 is 8.34. The summed E-state index contributed by atoms with van der Waals surface area (Å²) in [6, 6.07) is 9.77. The number of carbonyl (C=O) groups excluding carboxylic acids is 2. The molecule has 0 spiro atoms. The summed E-state index contributed by atoms with van der Waals surface area (Å²) in [5.74, 6) is 1.06. The standard InChI is InChI=1S/C27H25BrN8O3/c1-3-4-9-20-30-26-24(27(38)29-12-21(37)35(26)2)36(20)13-18-15-10-11-39-14-19(15)23(28)22(18)16-7-5-6-8-17(16)25-31-33-34-32-25/h5-8,10-11,14H,3-4,9,12-13H2,1-2H3,(H,29,38)(H,31,32,33,34). The van der Waals surface area contributed by atoms with Gasteiger partial charge >= 0.3 is 0 Å². The Morgan fingerprint density at radius 2 is 1.92 bits per heavy atom. The molecule has 39 heavy (non-hydrogen) atoms. The minimum absolute atomic E-state index is 0.0777. The van der Waals surface area contributed by atoms with Crippen molar-refractivity contribution < 1.29 is 14.0 Å². The second kappa shape index (κ2) is 10.1. The topological polar surface area (TPSA) is 135 Å². The van der Waals surface area contributed by atoms with E-state index in [1.54, 1.807) is 19.6 Å². The van der Waals surface area contributed by atoms with E-state index in [0.29, 0.717) is 30.3 Å². The lowest BCUT2D eigenvalue weighted by Crippen LogP contribution is -2.34. The molecule has 0 radical (unpaired) electrons. The van der Waals surface area contributed by atoms with Crippen molar-refractivity contribution in [2.75, 3.05) is 18.5 Å². The van der Waals surface area contributed by atoms with Crippen LogP contribution in [-0.2, 0) is 17.8 Å². The lowest BCUT2D eigenvalue weighted by molar-refractivity contribution is -0.117. The SMILES string of the molecule is CCCCc1nc2c(n1Cc1c3ccocc-3c(Br)c1-c1ccccc1-c1nn[nH]n1)C(=O)NCC(=O)N2C. The molecule has 2 amide bonds. The Labute approximate surface area is 232 Å². The second-order valence-electron chi connectivity index (χ2n) is 9.36. The van der Waals surface area contributed by atoms with E-state index in [-0.39, 0.29) is 18.4 Å². The van der Waals surface area contributed by atoms with E-state index in [9.17, 15) is 9.59 Å². The molecule has 1 aliphatic carbocycles. The highest BCUT2D eigenvalue weighted by molar-refractivity contribution is 9.10. The number of imidazole rings is 1. The summed E-state index contributed by atoms with van der Waals surface area (Å²) >= 11 is 3.84. The molecule has 0 saturated heterocycles. The Bertz CT molecular complexity index is 1660. The number of nitrogens with zero attached hydrogens (tertiary/aromatic N) is 6. The first-order valence-corrected chi connectivity index (χ1v) is 13.4. The first-order valence-electron chi connectivity index (χ1n) is 12.6. The largest absolute Gasteiger partial charge is 0.472 e. The van der Waals surface area contributed by atoms with Gasteiger partial charge in [-0.2, -0.15) is 5.21 Å². The van der Waals surface area contributed by atoms with Gasteiger partial charge in [0.1, 0.15) is 5.82 Å². The Morgan fingerprint density at radius 1 is 1.10 bits per heavy atom. The number of anilines is 1. The fraction of sp³-hybridized carbons (Fsp3) is 0.259. The highest BCUT2D eigenvalue weighted by Gasteiger charge is 2.33. The van der Waals surface area contributed by atoms with Crippen molar-refractivity contribution in [1.29, 1.82) is 0 Å². The van der Waals surface area contributed by atoms with Crippen molar-refractivity contribution in [3.63, 3.8) is 0 Å². The number of rotatable bonds is 7. The van der Waals surface area contributed by atoms with Gasteiger partial charge < -0.3 is 14.3 Å². The van der Waals surface area contributed by atoms with Gasteiger partial charge in [0.25, 0.3) is 5.91 Å². The highest BCUT2D eigenvalue weighted by atomic mass is 79.9. The monoisotopic (exact) mass is 588 g/mol. The zero-order valence-electron chi connectivity index (χ0n) is 21.4. The van der Waals surface area contributed by atoms with Crippen LogP contribution in [0.3, 0.4) is 0 Å². The number of H-pyrrole nitrogens is 1. The maximum Gasteiger partial charge on any atom is 0.272 e. The molecule has 12 heteroatoms. The van der Waals surface area contributed by atoms with Gasteiger partial charge in [0.05, 0.1) is 25.6 Å². The number of hydrogen-bond acceptors (Lipinski definition) is 7. The van der Waals surface area contributed by atoms with Gasteiger partial charge in [0.15, 0.2) is 11.5 Å². The summed E-state index contributed by atoms with van der Waals surface area (Å²) in [5, 5.41) is 17.5. The van der Waals surface area contributed by atoms with E-state index in [1.807, 2.05) is 34.9 Å². The number of aromatic nitrogens is 6. The molecule has 0 atom stereocenters. The van der Waals surface area contributed by atoms with E-state index in [1.165, 1.54) is 4.90 Å². The average molecular weight is 589 g/mol. The van der Waals surface area contributed by atoms with Crippen LogP contribution in [0.15, 0.2) is 51.7 Å². The fourth-order valence-corrected chi connectivity index (χ4v) is 5.85. The molecular weight excluding hydrogens is 564 g/mol. The molecule has 0 fully saturated rings. The van der Waals surface area contributed by atoms with Crippen molar-refractivity contribution in [2.45, 2.75) is 32.7 Å². The van der Waals surface area contributed by atoms with Gasteiger partial charge in [0.2, 0.25) is 11.7 Å². The maximum absolute atomic E-state index is 13.3. The minimum Gasteiger partial charge on any atom is -0.472 e. The summed E-state index contributed by atoms with van der Waals surface area (Å²) in [7, 11) is 1.66. The summed E-state index contributed by atoms with van der Waals surface area (Å²) in [4.78, 5) is 32.2. The number of unbranched alkanes of at least 4 members (excludes halogenated alkanes) is 1. The number of hydrogen-bond donors (Lipinski definition) is 2. The lowest BCUT2D eigenvalue weighted by Gasteiger charge is -2.15. The van der Waals surface area contributed by atoms with Gasteiger partial charge in [-0.05, 0) is 50.3 Å². The van der Waals surface area contributed by atoms with E-state index in [0.717, 1.165) is 56.5 Å². The van der Waals surface area contributed by atoms with E-state index in [2.05, 4.69) is 48.8 Å². The molecule has 2 N–H and O–H groups in total. The molecule has 3 aliphatic rings. The Balaban J connectivity index is 1.59. The third-order valence-corrected chi connectivity index (χ3v) is 7.88. The molecule has 0 saturated carbocycles. The van der Waals surface area contributed by atoms with Gasteiger partial charge in [-0.3, -0.25) is 14.5 Å². The van der Waals surface area contributed by atoms with Crippen molar-refractivity contribution in [3.8, 4) is 33.6 Å².